The van der Waals surface area contributed by atoms with Crippen LogP contribution in [0.4, 0.5) is 11.4 Å². The molecule has 33 heavy (non-hydrogen) atoms. The Bertz CT molecular complexity index is 1290. The van der Waals surface area contributed by atoms with Crippen molar-refractivity contribution in [2.45, 2.75) is 31.1 Å². The summed E-state index contributed by atoms with van der Waals surface area (Å²) in [5.41, 5.74) is 1.56. The Hall–Kier alpha value is -2.92. The number of fused-ring (bicyclic) bond motifs is 1. The van der Waals surface area contributed by atoms with Crippen molar-refractivity contribution >= 4 is 43.2 Å². The fourth-order valence-corrected chi connectivity index (χ4v) is 6.43. The Labute approximate surface area is 194 Å². The zero-order chi connectivity index (χ0) is 23.6. The van der Waals surface area contributed by atoms with E-state index < -0.39 is 20.0 Å². The maximum Gasteiger partial charge on any atom is 0.285 e. The highest BCUT2D eigenvalue weighted by molar-refractivity contribution is 7.92. The Morgan fingerprint density at radius 2 is 1.82 bits per heavy atom. The highest BCUT2D eigenvalue weighted by atomic mass is 32.2. The second-order valence-corrected chi connectivity index (χ2v) is 11.6. The topological polar surface area (TPSA) is 125 Å². The minimum atomic E-state index is -3.71. The number of amides is 1. The van der Waals surface area contributed by atoms with Gasteiger partial charge in [-0.25, -0.2) is 8.42 Å². The number of nitrogens with one attached hydrogen (secondary N) is 2. The molecule has 0 bridgehead atoms. The van der Waals surface area contributed by atoms with E-state index in [0.717, 1.165) is 6.42 Å². The molecule has 0 aliphatic carbocycles. The lowest BCUT2D eigenvalue weighted by molar-refractivity contribution is -0.121. The van der Waals surface area contributed by atoms with Crippen molar-refractivity contribution in [1.82, 2.24) is 4.90 Å². The summed E-state index contributed by atoms with van der Waals surface area (Å²) in [4.78, 5) is 15.0. The van der Waals surface area contributed by atoms with Gasteiger partial charge in [-0.3, -0.25) is 9.52 Å². The Morgan fingerprint density at radius 3 is 2.55 bits per heavy atom. The third-order valence-corrected chi connectivity index (χ3v) is 8.42. The van der Waals surface area contributed by atoms with Crippen LogP contribution in [-0.2, 0) is 24.8 Å². The van der Waals surface area contributed by atoms with Crippen molar-refractivity contribution in [3.63, 3.8) is 0 Å². The van der Waals surface area contributed by atoms with E-state index in [4.69, 9.17) is 0 Å². The third-order valence-electron chi connectivity index (χ3n) is 5.60. The van der Waals surface area contributed by atoms with Gasteiger partial charge in [0, 0.05) is 30.0 Å². The first kappa shape index (κ1) is 23.2. The van der Waals surface area contributed by atoms with E-state index in [9.17, 15) is 21.6 Å². The molecule has 1 unspecified atom stereocenters. The van der Waals surface area contributed by atoms with Crippen LogP contribution in [0.15, 0.2) is 57.8 Å². The summed E-state index contributed by atoms with van der Waals surface area (Å²) in [6, 6.07) is 13.2. The van der Waals surface area contributed by atoms with Crippen molar-refractivity contribution in [2.75, 3.05) is 28.9 Å². The fourth-order valence-electron chi connectivity index (χ4n) is 4.07. The molecule has 2 N–H and O–H groups in total. The fraction of sp³-hybridized carbons (Fsp3) is 0.364. The van der Waals surface area contributed by atoms with Crippen LogP contribution in [0.2, 0.25) is 0 Å². The molecular formula is C22H26N4O5S2. The lowest BCUT2D eigenvalue weighted by Gasteiger charge is -2.33. The monoisotopic (exact) mass is 490 g/mol. The second kappa shape index (κ2) is 9.14. The van der Waals surface area contributed by atoms with Gasteiger partial charge >= 0.3 is 0 Å². The summed E-state index contributed by atoms with van der Waals surface area (Å²) in [7, 11) is -7.09. The molecule has 2 aliphatic rings. The largest absolute Gasteiger partial charge is 0.355 e. The summed E-state index contributed by atoms with van der Waals surface area (Å²) in [6.07, 6.45) is 1.93. The van der Waals surface area contributed by atoms with E-state index in [1.54, 1.807) is 55.5 Å². The minimum Gasteiger partial charge on any atom is -0.355 e. The minimum absolute atomic E-state index is 0.0424. The molecule has 4 rings (SSSR count). The highest BCUT2D eigenvalue weighted by Gasteiger charge is 2.35. The number of benzene rings is 2. The van der Waals surface area contributed by atoms with E-state index in [-0.39, 0.29) is 22.5 Å². The standard InChI is InChI=1S/C22H26N4O5S2/c1-2-14-32(28,29)24-18-11-9-17(10-12-18)23-22(27)16-6-5-13-26(15-16)21-19-7-3-4-8-20(19)33(30,31)25-21/h3-4,7-12,16,24H,2,5-6,13-15H2,1H3,(H,23,27). The van der Waals surface area contributed by atoms with Crippen LogP contribution in [0.5, 0.6) is 0 Å². The van der Waals surface area contributed by atoms with E-state index in [2.05, 4.69) is 14.4 Å². The third kappa shape index (κ3) is 5.19. The predicted octanol–water partition coefficient (Wildman–Crippen LogP) is 2.64. The molecule has 9 nitrogen and oxygen atoms in total. The zero-order valence-corrected chi connectivity index (χ0v) is 19.8. The SMILES string of the molecule is CCCS(=O)(=O)Nc1ccc(NC(=O)C2CCCN(C3=NS(=O)(=O)c4ccccc43)C2)cc1. The molecule has 0 spiro atoms. The average molecular weight is 491 g/mol. The van der Waals surface area contributed by atoms with Gasteiger partial charge < -0.3 is 10.2 Å². The van der Waals surface area contributed by atoms with Crippen LogP contribution in [0, 0.1) is 5.92 Å². The number of carbonyl (C=O) groups is 1. The van der Waals surface area contributed by atoms with Crippen molar-refractivity contribution in [3.8, 4) is 0 Å². The smallest absolute Gasteiger partial charge is 0.285 e. The normalized spacial score (nSPS) is 19.5. The molecule has 0 aromatic heterocycles. The quantitative estimate of drug-likeness (QED) is 0.641. The number of hydrogen-bond donors (Lipinski definition) is 2. The second-order valence-electron chi connectivity index (χ2n) is 8.16. The van der Waals surface area contributed by atoms with Crippen molar-refractivity contribution in [3.05, 3.63) is 54.1 Å². The maximum absolute atomic E-state index is 12.9. The first-order chi connectivity index (χ1) is 15.7. The van der Waals surface area contributed by atoms with Crippen molar-refractivity contribution in [2.24, 2.45) is 10.3 Å². The van der Waals surface area contributed by atoms with Gasteiger partial charge in [-0.05, 0) is 55.7 Å². The van der Waals surface area contributed by atoms with E-state index in [1.165, 1.54) is 0 Å². The summed E-state index contributed by atoms with van der Waals surface area (Å²) in [6.45, 7) is 2.78. The first-order valence-corrected chi connectivity index (χ1v) is 13.9. The number of rotatable bonds is 6. The molecule has 2 aromatic rings. The molecular weight excluding hydrogens is 464 g/mol. The van der Waals surface area contributed by atoms with Crippen LogP contribution in [0.1, 0.15) is 31.7 Å². The number of carbonyl (C=O) groups excluding carboxylic acids is 1. The molecule has 1 fully saturated rings. The lowest BCUT2D eigenvalue weighted by atomic mass is 9.96. The number of piperidine rings is 1. The number of likely N-dealkylation sites (tertiary alicyclic amines) is 1. The Balaban J connectivity index is 1.42. The van der Waals surface area contributed by atoms with Gasteiger partial charge in [-0.2, -0.15) is 8.42 Å². The van der Waals surface area contributed by atoms with E-state index in [1.807, 2.05) is 4.90 Å². The van der Waals surface area contributed by atoms with Gasteiger partial charge in [0.15, 0.2) is 5.84 Å². The van der Waals surface area contributed by atoms with Crippen LogP contribution >= 0.6 is 0 Å². The number of nitrogens with zero attached hydrogens (tertiary/aromatic N) is 2. The number of anilines is 2. The first-order valence-electron chi connectivity index (χ1n) is 10.8. The molecule has 0 saturated carbocycles. The average Bonchev–Trinajstić information content (AvgIpc) is 3.06. The molecule has 11 heteroatoms. The van der Waals surface area contributed by atoms with Crippen LogP contribution in [-0.4, -0.2) is 52.3 Å². The summed E-state index contributed by atoms with van der Waals surface area (Å²) in [5, 5.41) is 2.87. The maximum atomic E-state index is 12.9. The van der Waals surface area contributed by atoms with E-state index >= 15 is 0 Å². The molecule has 2 heterocycles. The number of sulfonamides is 2. The zero-order valence-electron chi connectivity index (χ0n) is 18.2. The Kier molecular flexibility index (Phi) is 6.44. The van der Waals surface area contributed by atoms with Gasteiger partial charge in [0.05, 0.1) is 11.7 Å². The van der Waals surface area contributed by atoms with Gasteiger partial charge in [0.25, 0.3) is 10.0 Å². The van der Waals surface area contributed by atoms with Crippen LogP contribution < -0.4 is 10.0 Å². The van der Waals surface area contributed by atoms with Gasteiger partial charge in [0.2, 0.25) is 15.9 Å². The number of amidine groups is 1. The molecule has 0 radical (unpaired) electrons. The summed E-state index contributed by atoms with van der Waals surface area (Å²) < 4.78 is 55.0. The van der Waals surface area contributed by atoms with E-state index in [0.29, 0.717) is 48.7 Å². The van der Waals surface area contributed by atoms with Gasteiger partial charge in [0.1, 0.15) is 4.90 Å². The summed E-state index contributed by atoms with van der Waals surface area (Å²) >= 11 is 0. The van der Waals surface area contributed by atoms with Crippen LogP contribution in [0.3, 0.4) is 0 Å². The van der Waals surface area contributed by atoms with Crippen molar-refractivity contribution < 1.29 is 21.6 Å². The highest BCUT2D eigenvalue weighted by Crippen LogP contribution is 2.30. The van der Waals surface area contributed by atoms with Crippen LogP contribution in [0.25, 0.3) is 0 Å². The summed E-state index contributed by atoms with van der Waals surface area (Å²) in [5.74, 6) is -0.0685. The van der Waals surface area contributed by atoms with Crippen molar-refractivity contribution in [1.29, 1.82) is 0 Å². The van der Waals surface area contributed by atoms with Gasteiger partial charge in [-0.1, -0.05) is 19.1 Å². The number of hydrogen-bond acceptors (Lipinski definition) is 6. The Morgan fingerprint density at radius 1 is 1.12 bits per heavy atom. The lowest BCUT2D eigenvalue weighted by Crippen LogP contribution is -2.43. The molecule has 2 aromatic carbocycles. The molecule has 1 amide bonds. The molecule has 2 aliphatic heterocycles. The predicted molar refractivity (Wildman–Crippen MR) is 127 cm³/mol. The molecule has 1 saturated heterocycles. The molecule has 1 atom stereocenters. The van der Waals surface area contributed by atoms with Gasteiger partial charge in [-0.15, -0.1) is 4.40 Å². The molecule has 176 valence electrons.